The zero-order chi connectivity index (χ0) is 17.9. The maximum absolute atomic E-state index is 12.3. The first kappa shape index (κ1) is 16.8. The van der Waals surface area contributed by atoms with E-state index < -0.39 is 0 Å². The Morgan fingerprint density at radius 2 is 1.76 bits per heavy atom. The van der Waals surface area contributed by atoms with Crippen molar-refractivity contribution in [3.05, 3.63) is 71.8 Å². The summed E-state index contributed by atoms with van der Waals surface area (Å²) in [6.07, 6.45) is 5.18. The molecule has 0 spiro atoms. The number of benzene rings is 1. The molecule has 0 radical (unpaired) electrons. The summed E-state index contributed by atoms with van der Waals surface area (Å²) in [5, 5.41) is 11.0. The Hall–Kier alpha value is -3.02. The summed E-state index contributed by atoms with van der Waals surface area (Å²) in [5.41, 5.74) is 3.47. The molecule has 0 saturated carbocycles. The highest BCUT2D eigenvalue weighted by molar-refractivity contribution is 5.94. The van der Waals surface area contributed by atoms with Crippen molar-refractivity contribution in [3.63, 3.8) is 0 Å². The molecule has 3 aromatic rings. The number of carbonyl (C=O) groups is 1. The van der Waals surface area contributed by atoms with E-state index in [1.54, 1.807) is 23.3 Å². The highest BCUT2D eigenvalue weighted by Crippen LogP contribution is 2.22. The van der Waals surface area contributed by atoms with Gasteiger partial charge in [-0.1, -0.05) is 38.1 Å². The molecule has 3 rings (SSSR count). The first-order valence-electron chi connectivity index (χ1n) is 8.14. The van der Waals surface area contributed by atoms with Gasteiger partial charge in [-0.2, -0.15) is 0 Å². The van der Waals surface area contributed by atoms with Crippen LogP contribution >= 0.6 is 0 Å². The number of hydrogen-bond acceptors (Lipinski definition) is 4. The van der Waals surface area contributed by atoms with Crippen LogP contribution in [-0.2, 0) is 12.0 Å². The number of nitrogens with zero attached hydrogens (tertiary/aromatic N) is 4. The van der Waals surface area contributed by atoms with Crippen molar-refractivity contribution in [2.45, 2.75) is 32.7 Å². The SMILES string of the molecule is CC(C)(C)c1ccc(C(=O)NCc2cn(-c3ccncc3)nn2)cc1. The lowest BCUT2D eigenvalue weighted by Crippen LogP contribution is -2.23. The van der Waals surface area contributed by atoms with Crippen LogP contribution in [0.1, 0.15) is 42.4 Å². The van der Waals surface area contributed by atoms with Gasteiger partial charge in [0.2, 0.25) is 0 Å². The molecule has 0 aliphatic carbocycles. The van der Waals surface area contributed by atoms with E-state index in [1.165, 1.54) is 5.56 Å². The van der Waals surface area contributed by atoms with Gasteiger partial charge in [-0.05, 0) is 35.2 Å². The Balaban J connectivity index is 1.62. The predicted molar refractivity (Wildman–Crippen MR) is 95.5 cm³/mol. The van der Waals surface area contributed by atoms with Gasteiger partial charge < -0.3 is 5.32 Å². The Morgan fingerprint density at radius 1 is 1.08 bits per heavy atom. The van der Waals surface area contributed by atoms with Crippen LogP contribution in [0.2, 0.25) is 0 Å². The van der Waals surface area contributed by atoms with Crippen molar-refractivity contribution in [2.75, 3.05) is 0 Å². The molecule has 1 N–H and O–H groups in total. The molecule has 0 unspecified atom stereocenters. The summed E-state index contributed by atoms with van der Waals surface area (Å²) in [5.74, 6) is -0.126. The van der Waals surface area contributed by atoms with Crippen LogP contribution in [0, 0.1) is 0 Å². The van der Waals surface area contributed by atoms with Crippen molar-refractivity contribution < 1.29 is 4.79 Å². The Morgan fingerprint density at radius 3 is 2.40 bits per heavy atom. The van der Waals surface area contributed by atoms with Gasteiger partial charge >= 0.3 is 0 Å². The van der Waals surface area contributed by atoms with Crippen LogP contribution in [0.5, 0.6) is 0 Å². The minimum absolute atomic E-state index is 0.0699. The van der Waals surface area contributed by atoms with Crippen molar-refractivity contribution in [1.29, 1.82) is 0 Å². The van der Waals surface area contributed by atoms with E-state index in [4.69, 9.17) is 0 Å². The molecule has 0 atom stereocenters. The topological polar surface area (TPSA) is 72.7 Å². The summed E-state index contributed by atoms with van der Waals surface area (Å²) >= 11 is 0. The molecule has 2 heterocycles. The number of carbonyl (C=O) groups excluding carboxylic acids is 1. The van der Waals surface area contributed by atoms with Crippen LogP contribution in [0.3, 0.4) is 0 Å². The van der Waals surface area contributed by atoms with E-state index in [-0.39, 0.29) is 11.3 Å². The zero-order valence-corrected chi connectivity index (χ0v) is 14.6. The van der Waals surface area contributed by atoms with E-state index in [0.29, 0.717) is 17.8 Å². The van der Waals surface area contributed by atoms with Crippen molar-refractivity contribution >= 4 is 5.91 Å². The van der Waals surface area contributed by atoms with Crippen LogP contribution in [0.4, 0.5) is 0 Å². The molecule has 128 valence electrons. The molecule has 6 heteroatoms. The Labute approximate surface area is 146 Å². The van der Waals surface area contributed by atoms with Gasteiger partial charge in [0.15, 0.2) is 0 Å². The number of aromatic nitrogens is 4. The minimum Gasteiger partial charge on any atom is -0.346 e. The number of rotatable bonds is 4. The largest absolute Gasteiger partial charge is 0.346 e. The fourth-order valence-corrected chi connectivity index (χ4v) is 2.40. The summed E-state index contributed by atoms with van der Waals surface area (Å²) < 4.78 is 1.65. The maximum Gasteiger partial charge on any atom is 0.251 e. The first-order chi connectivity index (χ1) is 11.9. The van der Waals surface area contributed by atoms with E-state index in [0.717, 1.165) is 5.69 Å². The van der Waals surface area contributed by atoms with Crippen molar-refractivity contribution in [1.82, 2.24) is 25.3 Å². The van der Waals surface area contributed by atoms with Crippen LogP contribution in [0.15, 0.2) is 55.0 Å². The smallest absolute Gasteiger partial charge is 0.251 e. The second-order valence-electron chi connectivity index (χ2n) is 6.87. The van der Waals surface area contributed by atoms with Crippen LogP contribution in [0.25, 0.3) is 5.69 Å². The molecular formula is C19H21N5O. The van der Waals surface area contributed by atoms with Gasteiger partial charge in [0, 0.05) is 18.0 Å². The number of nitrogens with one attached hydrogen (secondary N) is 1. The van der Waals surface area contributed by atoms with Crippen molar-refractivity contribution in [2.24, 2.45) is 0 Å². The Kier molecular flexibility index (Phi) is 4.61. The molecule has 1 aromatic carbocycles. The van der Waals surface area contributed by atoms with Gasteiger partial charge in [-0.25, -0.2) is 4.68 Å². The van der Waals surface area contributed by atoms with Gasteiger partial charge in [-0.15, -0.1) is 5.10 Å². The Bertz CT molecular complexity index is 848. The fraction of sp³-hybridized carbons (Fsp3) is 0.263. The van der Waals surface area contributed by atoms with Crippen molar-refractivity contribution in [3.8, 4) is 5.69 Å². The minimum atomic E-state index is -0.126. The average molecular weight is 335 g/mol. The van der Waals surface area contributed by atoms with E-state index >= 15 is 0 Å². The second-order valence-corrected chi connectivity index (χ2v) is 6.87. The maximum atomic E-state index is 12.3. The molecule has 0 aliphatic rings. The summed E-state index contributed by atoms with van der Waals surface area (Å²) in [6.45, 7) is 6.77. The molecular weight excluding hydrogens is 314 g/mol. The molecule has 6 nitrogen and oxygen atoms in total. The molecule has 2 aromatic heterocycles. The summed E-state index contributed by atoms with van der Waals surface area (Å²) in [6, 6.07) is 11.4. The standard InChI is InChI=1S/C19H21N5O/c1-19(2,3)15-6-4-14(5-7-15)18(25)21-12-16-13-24(23-22-16)17-8-10-20-11-9-17/h4-11,13H,12H2,1-3H3,(H,21,25). The molecule has 0 aliphatic heterocycles. The monoisotopic (exact) mass is 335 g/mol. The normalized spacial score (nSPS) is 11.3. The van der Waals surface area contributed by atoms with E-state index in [2.05, 4.69) is 41.4 Å². The van der Waals surface area contributed by atoms with Gasteiger partial charge in [-0.3, -0.25) is 9.78 Å². The first-order valence-corrected chi connectivity index (χ1v) is 8.14. The molecule has 1 amide bonds. The lowest BCUT2D eigenvalue weighted by atomic mass is 9.87. The predicted octanol–water partition coefficient (Wildman–Crippen LogP) is 2.89. The summed E-state index contributed by atoms with van der Waals surface area (Å²) in [7, 11) is 0. The third-order valence-electron chi connectivity index (χ3n) is 3.91. The van der Waals surface area contributed by atoms with Gasteiger partial charge in [0.1, 0.15) is 5.69 Å². The summed E-state index contributed by atoms with van der Waals surface area (Å²) in [4.78, 5) is 16.3. The third-order valence-corrected chi connectivity index (χ3v) is 3.91. The van der Waals surface area contributed by atoms with Crippen LogP contribution in [-0.4, -0.2) is 25.9 Å². The molecule has 25 heavy (non-hydrogen) atoms. The zero-order valence-electron chi connectivity index (χ0n) is 14.6. The fourth-order valence-electron chi connectivity index (χ4n) is 2.40. The van der Waals surface area contributed by atoms with Crippen LogP contribution < -0.4 is 5.32 Å². The molecule has 0 bridgehead atoms. The van der Waals surface area contributed by atoms with E-state index in [1.807, 2.05) is 36.4 Å². The average Bonchev–Trinajstić information content (AvgIpc) is 3.09. The van der Waals surface area contributed by atoms with Gasteiger partial charge in [0.25, 0.3) is 5.91 Å². The van der Waals surface area contributed by atoms with E-state index in [9.17, 15) is 4.79 Å². The third kappa shape index (κ3) is 4.09. The number of pyridine rings is 1. The number of hydrogen-bond donors (Lipinski definition) is 1. The number of amides is 1. The molecule has 0 saturated heterocycles. The molecule has 0 fully saturated rings. The quantitative estimate of drug-likeness (QED) is 0.796. The lowest BCUT2D eigenvalue weighted by Gasteiger charge is -2.19. The second kappa shape index (κ2) is 6.84. The lowest BCUT2D eigenvalue weighted by molar-refractivity contribution is 0.0950. The van der Waals surface area contributed by atoms with Gasteiger partial charge in [0.05, 0.1) is 18.4 Å². The highest BCUT2D eigenvalue weighted by atomic mass is 16.1. The highest BCUT2D eigenvalue weighted by Gasteiger charge is 2.14.